The number of hydrazone groups is 1. The molecule has 5 nitrogen and oxygen atoms in total. The van der Waals surface area contributed by atoms with E-state index in [9.17, 15) is 4.79 Å². The predicted octanol–water partition coefficient (Wildman–Crippen LogP) is 3.80. The van der Waals surface area contributed by atoms with Crippen molar-refractivity contribution in [3.8, 4) is 5.75 Å². The summed E-state index contributed by atoms with van der Waals surface area (Å²) >= 11 is 0. The van der Waals surface area contributed by atoms with Crippen LogP contribution < -0.4 is 15.5 Å². The van der Waals surface area contributed by atoms with Gasteiger partial charge in [0.2, 0.25) is 0 Å². The number of para-hydroxylation sites is 1. The predicted molar refractivity (Wildman–Crippen MR) is 106 cm³/mol. The molecule has 0 saturated heterocycles. The number of benzene rings is 3. The Balaban J connectivity index is 1.63. The summed E-state index contributed by atoms with van der Waals surface area (Å²) in [4.78, 5) is 11.9. The zero-order valence-corrected chi connectivity index (χ0v) is 14.8. The molecule has 0 bridgehead atoms. The van der Waals surface area contributed by atoms with E-state index in [-0.39, 0.29) is 12.5 Å². The van der Waals surface area contributed by atoms with Gasteiger partial charge in [-0.2, -0.15) is 5.10 Å². The summed E-state index contributed by atoms with van der Waals surface area (Å²) in [7, 11) is 1.65. The molecule has 132 valence electrons. The largest absolute Gasteiger partial charge is 0.497 e. The van der Waals surface area contributed by atoms with E-state index in [4.69, 9.17) is 4.74 Å². The fourth-order valence-electron chi connectivity index (χ4n) is 2.56. The molecular weight excluding hydrogens is 326 g/mol. The van der Waals surface area contributed by atoms with Crippen molar-refractivity contribution in [2.24, 2.45) is 5.10 Å². The number of rotatable bonds is 6. The molecular formula is C21H21N3O2. The molecule has 3 aromatic rings. The van der Waals surface area contributed by atoms with Crippen molar-refractivity contribution >= 4 is 28.1 Å². The minimum Gasteiger partial charge on any atom is -0.497 e. The molecule has 0 aliphatic heterocycles. The lowest BCUT2D eigenvalue weighted by molar-refractivity contribution is -0.119. The molecule has 0 fully saturated rings. The lowest BCUT2D eigenvalue weighted by Gasteiger charge is -2.07. The zero-order valence-electron chi connectivity index (χ0n) is 14.8. The van der Waals surface area contributed by atoms with Crippen molar-refractivity contribution in [3.63, 3.8) is 0 Å². The minimum atomic E-state index is -0.196. The molecule has 0 saturated carbocycles. The van der Waals surface area contributed by atoms with Crippen LogP contribution in [0.25, 0.3) is 10.8 Å². The lowest BCUT2D eigenvalue weighted by Crippen LogP contribution is -2.26. The highest BCUT2D eigenvalue weighted by Gasteiger charge is 2.04. The molecule has 26 heavy (non-hydrogen) atoms. The van der Waals surface area contributed by atoms with E-state index in [1.54, 1.807) is 7.11 Å². The number of carbonyl (C=O) groups is 1. The quantitative estimate of drug-likeness (QED) is 0.527. The molecule has 3 rings (SSSR count). The maximum Gasteiger partial charge on any atom is 0.259 e. The molecule has 0 heterocycles. The van der Waals surface area contributed by atoms with Crippen LogP contribution in [-0.4, -0.2) is 25.3 Å². The van der Waals surface area contributed by atoms with Gasteiger partial charge in [-0.3, -0.25) is 4.79 Å². The summed E-state index contributed by atoms with van der Waals surface area (Å²) < 4.78 is 5.24. The number of anilines is 1. The van der Waals surface area contributed by atoms with Crippen LogP contribution >= 0.6 is 0 Å². The van der Waals surface area contributed by atoms with E-state index in [1.165, 1.54) is 0 Å². The number of hydrogen-bond donors (Lipinski definition) is 2. The van der Waals surface area contributed by atoms with Gasteiger partial charge in [-0.1, -0.05) is 36.4 Å². The minimum absolute atomic E-state index is 0.165. The Hall–Kier alpha value is -3.34. The van der Waals surface area contributed by atoms with Crippen LogP contribution in [0.3, 0.4) is 0 Å². The number of amides is 1. The summed E-state index contributed by atoms with van der Waals surface area (Å²) in [6, 6.07) is 21.5. The fraction of sp³-hybridized carbons (Fsp3) is 0.143. The molecule has 0 aromatic heterocycles. The van der Waals surface area contributed by atoms with E-state index in [1.807, 2.05) is 73.7 Å². The lowest BCUT2D eigenvalue weighted by atomic mass is 10.0. The second kappa shape index (κ2) is 8.16. The molecule has 0 radical (unpaired) electrons. The topological polar surface area (TPSA) is 62.7 Å². The third-order valence-corrected chi connectivity index (χ3v) is 4.04. The number of ether oxygens (including phenoxy) is 1. The van der Waals surface area contributed by atoms with Gasteiger partial charge >= 0.3 is 0 Å². The molecule has 5 heteroatoms. The van der Waals surface area contributed by atoms with Gasteiger partial charge in [0.1, 0.15) is 5.75 Å². The molecule has 1 amide bonds. The number of nitrogens with one attached hydrogen (secondary N) is 2. The maximum atomic E-state index is 11.9. The molecule has 3 aromatic carbocycles. The monoisotopic (exact) mass is 347 g/mol. The molecule has 0 atom stereocenters. The number of hydrogen-bond acceptors (Lipinski definition) is 4. The van der Waals surface area contributed by atoms with E-state index < -0.39 is 0 Å². The van der Waals surface area contributed by atoms with Crippen molar-refractivity contribution in [1.82, 2.24) is 5.43 Å². The van der Waals surface area contributed by atoms with E-state index in [0.29, 0.717) is 0 Å². The first-order valence-electron chi connectivity index (χ1n) is 8.36. The van der Waals surface area contributed by atoms with Gasteiger partial charge in [0.05, 0.1) is 19.4 Å². The zero-order chi connectivity index (χ0) is 18.4. The maximum absolute atomic E-state index is 11.9. The number of fused-ring (bicyclic) bond motifs is 1. The van der Waals surface area contributed by atoms with E-state index >= 15 is 0 Å². The molecule has 2 N–H and O–H groups in total. The Bertz CT molecular complexity index is 936. The Kier molecular flexibility index (Phi) is 5.49. The highest BCUT2D eigenvalue weighted by molar-refractivity contribution is 6.02. The smallest absolute Gasteiger partial charge is 0.259 e. The Labute approximate surface area is 152 Å². The average Bonchev–Trinajstić information content (AvgIpc) is 2.70. The first-order valence-corrected chi connectivity index (χ1v) is 8.36. The van der Waals surface area contributed by atoms with Crippen LogP contribution in [-0.2, 0) is 4.79 Å². The third-order valence-electron chi connectivity index (χ3n) is 4.04. The van der Waals surface area contributed by atoms with E-state index in [2.05, 4.69) is 15.8 Å². The molecule has 0 unspecified atom stereocenters. The Morgan fingerprint density at radius 2 is 1.73 bits per heavy atom. The Morgan fingerprint density at radius 3 is 2.50 bits per heavy atom. The highest BCUT2D eigenvalue weighted by atomic mass is 16.5. The summed E-state index contributed by atoms with van der Waals surface area (Å²) in [5, 5.41) is 9.44. The first-order chi connectivity index (χ1) is 12.7. The van der Waals surface area contributed by atoms with Crippen LogP contribution in [0.5, 0.6) is 5.75 Å². The van der Waals surface area contributed by atoms with Crippen LogP contribution in [0.4, 0.5) is 5.69 Å². The molecule has 0 aliphatic rings. The van der Waals surface area contributed by atoms with Gasteiger partial charge < -0.3 is 10.1 Å². The third kappa shape index (κ3) is 4.39. The second-order valence-electron chi connectivity index (χ2n) is 5.88. The van der Waals surface area contributed by atoms with Gasteiger partial charge in [-0.05, 0) is 53.6 Å². The fourth-order valence-corrected chi connectivity index (χ4v) is 2.56. The summed E-state index contributed by atoms with van der Waals surface area (Å²) in [5.41, 5.74) is 5.18. The summed E-state index contributed by atoms with van der Waals surface area (Å²) in [5.74, 6) is 0.632. The SMILES string of the molecule is COc1ccc2cc(/C(C)=N/NC(=O)CNc3ccccc3)ccc2c1. The van der Waals surface area contributed by atoms with Gasteiger partial charge in [0.15, 0.2) is 0 Å². The highest BCUT2D eigenvalue weighted by Crippen LogP contribution is 2.22. The van der Waals surface area contributed by atoms with Crippen molar-refractivity contribution in [2.45, 2.75) is 6.92 Å². The molecule has 0 aliphatic carbocycles. The second-order valence-corrected chi connectivity index (χ2v) is 5.88. The molecule has 0 spiro atoms. The number of carbonyl (C=O) groups excluding carboxylic acids is 1. The van der Waals surface area contributed by atoms with Crippen LogP contribution in [0, 0.1) is 0 Å². The van der Waals surface area contributed by atoms with Gasteiger partial charge in [0.25, 0.3) is 5.91 Å². The van der Waals surface area contributed by atoms with E-state index in [0.717, 1.165) is 33.5 Å². The number of nitrogens with zero attached hydrogens (tertiary/aromatic N) is 1. The van der Waals surface area contributed by atoms with Gasteiger partial charge in [0, 0.05) is 5.69 Å². The normalized spacial score (nSPS) is 11.2. The van der Waals surface area contributed by atoms with Crippen molar-refractivity contribution in [1.29, 1.82) is 0 Å². The van der Waals surface area contributed by atoms with Crippen LogP contribution in [0.15, 0.2) is 71.8 Å². The summed E-state index contributed by atoms with van der Waals surface area (Å²) in [6.45, 7) is 2.04. The Morgan fingerprint density at radius 1 is 1.00 bits per heavy atom. The van der Waals surface area contributed by atoms with Crippen molar-refractivity contribution in [2.75, 3.05) is 19.0 Å². The van der Waals surface area contributed by atoms with Gasteiger partial charge in [-0.25, -0.2) is 5.43 Å². The van der Waals surface area contributed by atoms with Gasteiger partial charge in [-0.15, -0.1) is 0 Å². The first kappa shape index (κ1) is 17.5. The number of methoxy groups -OCH3 is 1. The van der Waals surface area contributed by atoms with Crippen LogP contribution in [0.1, 0.15) is 12.5 Å². The average molecular weight is 347 g/mol. The standard InChI is InChI=1S/C21H21N3O2/c1-15(23-24-21(25)14-22-19-6-4-3-5-7-19)16-8-9-18-13-20(26-2)11-10-17(18)12-16/h3-13,22H,14H2,1-2H3,(H,24,25)/b23-15+. The van der Waals surface area contributed by atoms with Crippen molar-refractivity contribution in [3.05, 3.63) is 72.3 Å². The summed E-state index contributed by atoms with van der Waals surface area (Å²) in [6.07, 6.45) is 0. The van der Waals surface area contributed by atoms with Crippen LogP contribution in [0.2, 0.25) is 0 Å². The van der Waals surface area contributed by atoms with Crippen molar-refractivity contribution < 1.29 is 9.53 Å².